The molecule has 0 radical (unpaired) electrons. The molecule has 1 aliphatic heterocycles. The van der Waals surface area contributed by atoms with Crippen molar-refractivity contribution in [3.63, 3.8) is 0 Å². The van der Waals surface area contributed by atoms with Crippen LogP contribution in [-0.4, -0.2) is 38.4 Å². The lowest BCUT2D eigenvalue weighted by molar-refractivity contribution is -0.149. The summed E-state index contributed by atoms with van der Waals surface area (Å²) in [5.74, 6) is -1.08. The van der Waals surface area contributed by atoms with Gasteiger partial charge in [0.25, 0.3) is 0 Å². The molecule has 1 aliphatic rings. The maximum Gasteiger partial charge on any atom is 0.416 e. The minimum atomic E-state index is -4.63. The molecule has 0 saturated carbocycles. The molecular formula is C16H20F3NO4S. The van der Waals surface area contributed by atoms with Gasteiger partial charge in [-0.3, -0.25) is 4.79 Å². The number of aryl methyl sites for hydroxylation is 1. The summed E-state index contributed by atoms with van der Waals surface area (Å²) in [6.07, 6.45) is -3.70. The molecule has 2 rings (SSSR count). The van der Waals surface area contributed by atoms with E-state index in [0.717, 1.165) is 16.4 Å². The van der Waals surface area contributed by atoms with Crippen LogP contribution in [0.15, 0.2) is 23.1 Å². The molecule has 0 aromatic heterocycles. The van der Waals surface area contributed by atoms with Gasteiger partial charge in [-0.2, -0.15) is 17.5 Å². The van der Waals surface area contributed by atoms with Crippen molar-refractivity contribution in [1.29, 1.82) is 0 Å². The monoisotopic (exact) mass is 379 g/mol. The summed E-state index contributed by atoms with van der Waals surface area (Å²) in [6, 6.07) is 2.95. The summed E-state index contributed by atoms with van der Waals surface area (Å²) in [4.78, 5) is 11.4. The molecule has 1 unspecified atom stereocenters. The number of alkyl halides is 3. The molecule has 0 spiro atoms. The van der Waals surface area contributed by atoms with E-state index >= 15 is 0 Å². The van der Waals surface area contributed by atoms with Crippen molar-refractivity contribution >= 4 is 16.0 Å². The van der Waals surface area contributed by atoms with Crippen LogP contribution >= 0.6 is 0 Å². The highest BCUT2D eigenvalue weighted by atomic mass is 32.2. The zero-order valence-electron chi connectivity index (χ0n) is 14.0. The van der Waals surface area contributed by atoms with Crippen LogP contribution in [0.3, 0.4) is 0 Å². The fraction of sp³-hybridized carbons (Fsp3) is 0.562. The molecule has 1 aromatic carbocycles. The first kappa shape index (κ1) is 19.7. The molecule has 1 fully saturated rings. The average molecular weight is 379 g/mol. The second-order valence-electron chi connectivity index (χ2n) is 5.93. The van der Waals surface area contributed by atoms with Gasteiger partial charge < -0.3 is 4.74 Å². The van der Waals surface area contributed by atoms with Crippen molar-refractivity contribution in [3.05, 3.63) is 29.3 Å². The van der Waals surface area contributed by atoms with E-state index in [-0.39, 0.29) is 25.3 Å². The lowest BCUT2D eigenvalue weighted by atomic mass is 10.0. The van der Waals surface area contributed by atoms with Crippen LogP contribution in [0, 0.1) is 12.8 Å². The van der Waals surface area contributed by atoms with E-state index in [1.165, 1.54) is 6.92 Å². The number of piperidine rings is 1. The second kappa shape index (κ2) is 7.33. The highest BCUT2D eigenvalue weighted by Crippen LogP contribution is 2.34. The van der Waals surface area contributed by atoms with Crippen molar-refractivity contribution in [3.8, 4) is 0 Å². The van der Waals surface area contributed by atoms with Gasteiger partial charge in [-0.15, -0.1) is 0 Å². The Morgan fingerprint density at radius 3 is 2.64 bits per heavy atom. The van der Waals surface area contributed by atoms with Crippen molar-refractivity contribution in [1.82, 2.24) is 4.31 Å². The SMILES string of the molecule is CCOC(=O)C1CCCN(S(=O)(=O)c2ccc(C)c(C(F)(F)F)c2)C1. The van der Waals surface area contributed by atoms with Crippen LogP contribution < -0.4 is 0 Å². The number of hydrogen-bond acceptors (Lipinski definition) is 4. The Bertz CT molecular complexity index is 746. The third-order valence-electron chi connectivity index (χ3n) is 4.16. The lowest BCUT2D eigenvalue weighted by Gasteiger charge is -2.30. The van der Waals surface area contributed by atoms with Crippen molar-refractivity contribution in [2.45, 2.75) is 37.8 Å². The van der Waals surface area contributed by atoms with Gasteiger partial charge in [0.1, 0.15) is 0 Å². The number of ether oxygens (including phenoxy) is 1. The zero-order chi connectivity index (χ0) is 18.8. The third kappa shape index (κ3) is 4.33. The van der Waals surface area contributed by atoms with Crippen LogP contribution in [0.2, 0.25) is 0 Å². The minimum absolute atomic E-state index is 0.0468. The number of esters is 1. The normalized spacial score (nSPS) is 19.6. The quantitative estimate of drug-likeness (QED) is 0.755. The Kier molecular flexibility index (Phi) is 5.78. The van der Waals surface area contributed by atoms with E-state index in [2.05, 4.69) is 0 Å². The van der Waals surface area contributed by atoms with Crippen LogP contribution in [0.25, 0.3) is 0 Å². The summed E-state index contributed by atoms with van der Waals surface area (Å²) < 4.78 is 70.5. The van der Waals surface area contributed by atoms with E-state index in [0.29, 0.717) is 18.9 Å². The fourth-order valence-electron chi connectivity index (χ4n) is 2.83. The predicted octanol–water partition coefficient (Wildman–Crippen LogP) is 2.98. The molecule has 0 bridgehead atoms. The standard InChI is InChI=1S/C16H20F3NO4S/c1-3-24-15(21)12-5-4-8-20(10-12)25(22,23)13-7-6-11(2)14(9-13)16(17,18)19/h6-7,9,12H,3-5,8,10H2,1-2H3. The summed E-state index contributed by atoms with van der Waals surface area (Å²) in [7, 11) is -4.12. The van der Waals surface area contributed by atoms with E-state index in [1.807, 2.05) is 0 Å². The number of rotatable bonds is 4. The van der Waals surface area contributed by atoms with Crippen LogP contribution in [0.4, 0.5) is 13.2 Å². The maximum absolute atomic E-state index is 13.0. The molecule has 0 amide bonds. The summed E-state index contributed by atoms with van der Waals surface area (Å²) in [5.41, 5.74) is -1.03. The van der Waals surface area contributed by atoms with Gasteiger partial charge >= 0.3 is 12.1 Å². The van der Waals surface area contributed by atoms with E-state index in [4.69, 9.17) is 4.74 Å². The molecule has 1 saturated heterocycles. The van der Waals surface area contributed by atoms with Gasteiger partial charge in [0, 0.05) is 13.1 Å². The van der Waals surface area contributed by atoms with Crippen molar-refractivity contribution in [2.75, 3.05) is 19.7 Å². The Hall–Kier alpha value is -1.61. The average Bonchev–Trinajstić information content (AvgIpc) is 2.54. The van der Waals surface area contributed by atoms with Gasteiger partial charge in [0.15, 0.2) is 0 Å². The summed E-state index contributed by atoms with van der Waals surface area (Å²) in [6.45, 7) is 3.19. The Balaban J connectivity index is 2.31. The first-order valence-corrected chi connectivity index (χ1v) is 9.36. The summed E-state index contributed by atoms with van der Waals surface area (Å²) in [5, 5.41) is 0. The van der Waals surface area contributed by atoms with Gasteiger partial charge in [-0.25, -0.2) is 8.42 Å². The smallest absolute Gasteiger partial charge is 0.416 e. The van der Waals surface area contributed by atoms with E-state index < -0.39 is 38.5 Å². The highest BCUT2D eigenvalue weighted by molar-refractivity contribution is 7.89. The number of benzene rings is 1. The molecule has 1 atom stereocenters. The molecular weight excluding hydrogens is 359 g/mol. The number of halogens is 3. The minimum Gasteiger partial charge on any atom is -0.466 e. The van der Waals surface area contributed by atoms with E-state index in [9.17, 15) is 26.4 Å². The molecule has 1 aromatic rings. The molecule has 140 valence electrons. The first-order valence-electron chi connectivity index (χ1n) is 7.92. The largest absolute Gasteiger partial charge is 0.466 e. The van der Waals surface area contributed by atoms with Crippen LogP contribution in [0.5, 0.6) is 0 Å². The second-order valence-corrected chi connectivity index (χ2v) is 7.87. The predicted molar refractivity (Wildman–Crippen MR) is 84.3 cm³/mol. The Morgan fingerprint density at radius 1 is 1.36 bits per heavy atom. The van der Waals surface area contributed by atoms with Gasteiger partial charge in [-0.05, 0) is 44.4 Å². The van der Waals surface area contributed by atoms with Gasteiger partial charge in [-0.1, -0.05) is 6.07 Å². The molecule has 9 heteroatoms. The topological polar surface area (TPSA) is 63.7 Å². The molecule has 1 heterocycles. The number of sulfonamides is 1. The molecule has 0 N–H and O–H groups in total. The van der Waals surface area contributed by atoms with Crippen LogP contribution in [-0.2, 0) is 25.7 Å². The van der Waals surface area contributed by atoms with Crippen molar-refractivity contribution in [2.24, 2.45) is 5.92 Å². The fourth-order valence-corrected chi connectivity index (χ4v) is 4.38. The molecule has 25 heavy (non-hydrogen) atoms. The Morgan fingerprint density at radius 2 is 2.04 bits per heavy atom. The zero-order valence-corrected chi connectivity index (χ0v) is 14.8. The van der Waals surface area contributed by atoms with Crippen LogP contribution in [0.1, 0.15) is 30.9 Å². The van der Waals surface area contributed by atoms with Gasteiger partial charge in [0.2, 0.25) is 10.0 Å². The number of hydrogen-bond donors (Lipinski definition) is 0. The Labute approximate surface area is 144 Å². The van der Waals surface area contributed by atoms with Gasteiger partial charge in [0.05, 0.1) is 23.0 Å². The number of carbonyl (C=O) groups is 1. The molecule has 5 nitrogen and oxygen atoms in total. The summed E-state index contributed by atoms with van der Waals surface area (Å²) >= 11 is 0. The lowest BCUT2D eigenvalue weighted by Crippen LogP contribution is -2.42. The van der Waals surface area contributed by atoms with Crippen molar-refractivity contribution < 1.29 is 31.1 Å². The first-order chi connectivity index (χ1) is 11.6. The molecule has 0 aliphatic carbocycles. The third-order valence-corrected chi connectivity index (χ3v) is 6.02. The van der Waals surface area contributed by atoms with E-state index in [1.54, 1.807) is 6.92 Å². The highest BCUT2D eigenvalue weighted by Gasteiger charge is 2.37. The number of carbonyl (C=O) groups excluding carboxylic acids is 1. The maximum atomic E-state index is 13.0. The number of nitrogens with zero attached hydrogens (tertiary/aromatic N) is 1.